The number of hydrogen-bond acceptors (Lipinski definition) is 6. The Morgan fingerprint density at radius 3 is 2.61 bits per heavy atom. The van der Waals surface area contributed by atoms with E-state index in [1.54, 1.807) is 12.1 Å². The first kappa shape index (κ1) is 20.0. The van der Waals surface area contributed by atoms with Gasteiger partial charge in [-0.1, -0.05) is 12.1 Å². The Morgan fingerprint density at radius 2 is 2.00 bits per heavy atom. The molecule has 3 rings (SSSR count). The lowest BCUT2D eigenvalue weighted by atomic mass is 10.1. The fourth-order valence-corrected chi connectivity index (χ4v) is 3.10. The molecule has 9 heteroatoms. The van der Waals surface area contributed by atoms with Gasteiger partial charge in [-0.3, -0.25) is 24.0 Å². The normalized spacial score (nSPS) is 13.8. The van der Waals surface area contributed by atoms with E-state index in [9.17, 15) is 18.8 Å². The number of anilines is 1. The Labute approximate surface area is 160 Å². The van der Waals surface area contributed by atoms with Crippen LogP contribution in [0.15, 0.2) is 33.9 Å². The maximum Gasteiger partial charge on any atom is 0.330 e. The first-order valence-corrected chi connectivity index (χ1v) is 9.04. The molecule has 0 amide bonds. The molecule has 1 aliphatic carbocycles. The third-order valence-corrected chi connectivity index (χ3v) is 4.75. The van der Waals surface area contributed by atoms with E-state index in [2.05, 4.69) is 4.98 Å². The second-order valence-electron chi connectivity index (χ2n) is 6.85. The van der Waals surface area contributed by atoms with Gasteiger partial charge in [-0.2, -0.15) is 0 Å². The maximum absolute atomic E-state index is 13.1. The minimum atomic E-state index is -0.793. The van der Waals surface area contributed by atoms with E-state index in [0.29, 0.717) is 6.54 Å². The van der Waals surface area contributed by atoms with E-state index in [4.69, 9.17) is 10.5 Å². The number of nitrogens with zero attached hydrogens (tertiary/aromatic N) is 2. The van der Waals surface area contributed by atoms with Crippen LogP contribution < -0.4 is 17.0 Å². The zero-order valence-electron chi connectivity index (χ0n) is 15.6. The molecule has 2 aromatic rings. The van der Waals surface area contributed by atoms with E-state index in [1.807, 2.05) is 4.90 Å². The largest absolute Gasteiger partial charge is 0.384 e. The number of nitrogen functional groups attached to an aromatic ring is 1. The molecule has 0 spiro atoms. The number of halogens is 1. The molecule has 0 aliphatic heterocycles. The van der Waals surface area contributed by atoms with Gasteiger partial charge in [0.15, 0.2) is 5.78 Å². The van der Waals surface area contributed by atoms with Crippen molar-refractivity contribution < 1.29 is 13.9 Å². The lowest BCUT2D eigenvalue weighted by Gasteiger charge is -2.21. The SMILES string of the molecule is COCCn1c(N)c(C(=O)CN(Cc2ccc(F)cc2)C2CC2)c(=O)[nH]c1=O. The van der Waals surface area contributed by atoms with Crippen LogP contribution in [0.5, 0.6) is 0 Å². The summed E-state index contributed by atoms with van der Waals surface area (Å²) in [6, 6.07) is 6.31. The number of rotatable bonds is 9. The number of benzene rings is 1. The quantitative estimate of drug-likeness (QED) is 0.612. The molecule has 1 fully saturated rings. The van der Waals surface area contributed by atoms with E-state index in [-0.39, 0.29) is 42.9 Å². The summed E-state index contributed by atoms with van der Waals surface area (Å²) in [7, 11) is 1.47. The number of methoxy groups -OCH3 is 1. The molecule has 0 atom stereocenters. The molecule has 1 aromatic heterocycles. The first-order chi connectivity index (χ1) is 13.4. The monoisotopic (exact) mass is 390 g/mol. The fourth-order valence-electron chi connectivity index (χ4n) is 3.10. The number of nitrogens with one attached hydrogen (secondary N) is 1. The molecule has 0 radical (unpaired) electrons. The first-order valence-electron chi connectivity index (χ1n) is 9.04. The lowest BCUT2D eigenvalue weighted by Crippen LogP contribution is -2.40. The number of ketones is 1. The van der Waals surface area contributed by atoms with Crippen molar-refractivity contribution in [1.29, 1.82) is 0 Å². The summed E-state index contributed by atoms with van der Waals surface area (Å²) in [6.45, 7) is 0.776. The van der Waals surface area contributed by atoms with Gasteiger partial charge in [-0.25, -0.2) is 9.18 Å². The minimum Gasteiger partial charge on any atom is -0.384 e. The number of aromatic nitrogens is 2. The Kier molecular flexibility index (Phi) is 6.05. The zero-order valence-corrected chi connectivity index (χ0v) is 15.6. The highest BCUT2D eigenvalue weighted by Gasteiger charge is 2.32. The molecule has 1 aliphatic rings. The number of nitrogens with two attached hydrogens (primary N) is 1. The van der Waals surface area contributed by atoms with Gasteiger partial charge in [-0.15, -0.1) is 0 Å². The molecular weight excluding hydrogens is 367 g/mol. The van der Waals surface area contributed by atoms with Gasteiger partial charge < -0.3 is 10.5 Å². The van der Waals surface area contributed by atoms with Gasteiger partial charge in [0.25, 0.3) is 5.56 Å². The van der Waals surface area contributed by atoms with Crippen molar-refractivity contribution in [3.63, 3.8) is 0 Å². The van der Waals surface area contributed by atoms with Crippen molar-refractivity contribution in [3.8, 4) is 0 Å². The van der Waals surface area contributed by atoms with Crippen LogP contribution in [0.4, 0.5) is 10.2 Å². The van der Waals surface area contributed by atoms with Gasteiger partial charge >= 0.3 is 5.69 Å². The molecule has 3 N–H and O–H groups in total. The summed E-state index contributed by atoms with van der Waals surface area (Å²) < 4.78 is 19.2. The van der Waals surface area contributed by atoms with Crippen LogP contribution >= 0.6 is 0 Å². The number of carbonyl (C=O) groups is 1. The van der Waals surface area contributed by atoms with Crippen LogP contribution in [-0.4, -0.2) is 46.5 Å². The number of Topliss-reactive ketones (excluding diaryl/α,β-unsaturated/α-hetero) is 1. The van der Waals surface area contributed by atoms with E-state index in [0.717, 1.165) is 23.0 Å². The Bertz CT molecular complexity index is 963. The van der Waals surface area contributed by atoms with Crippen molar-refractivity contribution >= 4 is 11.6 Å². The van der Waals surface area contributed by atoms with E-state index < -0.39 is 17.0 Å². The molecule has 1 heterocycles. The molecule has 1 saturated carbocycles. The van der Waals surface area contributed by atoms with Crippen molar-refractivity contribution in [2.24, 2.45) is 0 Å². The summed E-state index contributed by atoms with van der Waals surface area (Å²) >= 11 is 0. The highest BCUT2D eigenvalue weighted by Crippen LogP contribution is 2.28. The maximum atomic E-state index is 13.1. The lowest BCUT2D eigenvalue weighted by molar-refractivity contribution is 0.0917. The summed E-state index contributed by atoms with van der Waals surface area (Å²) in [5.41, 5.74) is 5.14. The molecule has 150 valence electrons. The smallest absolute Gasteiger partial charge is 0.330 e. The fraction of sp³-hybridized carbons (Fsp3) is 0.421. The molecular formula is C19H23FN4O4. The number of ether oxygens (including phenoxy) is 1. The number of H-pyrrole nitrogens is 1. The van der Waals surface area contributed by atoms with Gasteiger partial charge in [0.1, 0.15) is 17.2 Å². The summed E-state index contributed by atoms with van der Waals surface area (Å²) in [5.74, 6) is -0.942. The second kappa shape index (κ2) is 8.49. The van der Waals surface area contributed by atoms with Crippen LogP contribution in [0.1, 0.15) is 28.8 Å². The summed E-state index contributed by atoms with van der Waals surface area (Å²) in [5, 5.41) is 0. The average Bonchev–Trinajstić information content (AvgIpc) is 3.47. The third-order valence-electron chi connectivity index (χ3n) is 4.75. The Hall–Kier alpha value is -2.78. The average molecular weight is 390 g/mol. The van der Waals surface area contributed by atoms with Crippen molar-refractivity contribution in [2.75, 3.05) is 26.0 Å². The van der Waals surface area contributed by atoms with Gasteiger partial charge in [0.2, 0.25) is 0 Å². The highest BCUT2D eigenvalue weighted by atomic mass is 19.1. The van der Waals surface area contributed by atoms with Crippen LogP contribution in [0, 0.1) is 5.82 Å². The molecule has 0 saturated heterocycles. The molecule has 8 nitrogen and oxygen atoms in total. The van der Waals surface area contributed by atoms with E-state index in [1.165, 1.54) is 19.2 Å². The Balaban J connectivity index is 1.83. The summed E-state index contributed by atoms with van der Waals surface area (Å²) in [6.07, 6.45) is 1.90. The van der Waals surface area contributed by atoms with Gasteiger partial charge in [0.05, 0.1) is 19.7 Å². The second-order valence-corrected chi connectivity index (χ2v) is 6.85. The Morgan fingerprint density at radius 1 is 1.32 bits per heavy atom. The highest BCUT2D eigenvalue weighted by molar-refractivity contribution is 6.01. The minimum absolute atomic E-state index is 0.0161. The third kappa shape index (κ3) is 4.55. The molecule has 0 bridgehead atoms. The van der Waals surface area contributed by atoms with Gasteiger partial charge in [0, 0.05) is 19.7 Å². The zero-order chi connectivity index (χ0) is 20.3. The molecule has 0 unspecified atom stereocenters. The van der Waals surface area contributed by atoms with Crippen LogP contribution in [-0.2, 0) is 17.8 Å². The number of hydrogen-bond donors (Lipinski definition) is 2. The van der Waals surface area contributed by atoms with E-state index >= 15 is 0 Å². The topological polar surface area (TPSA) is 110 Å². The standard InChI is InChI=1S/C19H23FN4O4/c1-28-9-8-24-17(21)16(18(26)22-19(24)27)15(25)11-23(14-6-7-14)10-12-2-4-13(20)5-3-12/h2-5,14H,6-11,21H2,1H3,(H,22,26,27). The number of aromatic amines is 1. The van der Waals surface area contributed by atoms with Gasteiger partial charge in [-0.05, 0) is 30.5 Å². The van der Waals surface area contributed by atoms with Crippen LogP contribution in [0.25, 0.3) is 0 Å². The summed E-state index contributed by atoms with van der Waals surface area (Å²) in [4.78, 5) is 41.2. The van der Waals surface area contributed by atoms with Crippen molar-refractivity contribution in [2.45, 2.75) is 32.0 Å². The van der Waals surface area contributed by atoms with Crippen LogP contribution in [0.2, 0.25) is 0 Å². The van der Waals surface area contributed by atoms with Crippen molar-refractivity contribution in [1.82, 2.24) is 14.5 Å². The molecule has 28 heavy (non-hydrogen) atoms. The number of carbonyl (C=O) groups excluding carboxylic acids is 1. The predicted molar refractivity (Wildman–Crippen MR) is 102 cm³/mol. The van der Waals surface area contributed by atoms with Crippen molar-refractivity contribution in [3.05, 3.63) is 62.0 Å². The predicted octanol–water partition coefficient (Wildman–Crippen LogP) is 0.752. The molecule has 1 aromatic carbocycles. The van der Waals surface area contributed by atoms with Crippen LogP contribution in [0.3, 0.4) is 0 Å².